The summed E-state index contributed by atoms with van der Waals surface area (Å²) in [5.74, 6) is -0.0713. The normalized spacial score (nSPS) is 14.3. The van der Waals surface area contributed by atoms with Gasteiger partial charge < -0.3 is 4.90 Å². The van der Waals surface area contributed by atoms with Crippen LogP contribution in [-0.2, 0) is 6.42 Å². The highest BCUT2D eigenvalue weighted by Crippen LogP contribution is 2.18. The van der Waals surface area contributed by atoms with Crippen LogP contribution in [-0.4, -0.2) is 38.5 Å². The second kappa shape index (κ2) is 6.61. The first-order valence-electron chi connectivity index (χ1n) is 8.68. The lowest BCUT2D eigenvalue weighted by molar-refractivity contribution is 0.0794. The SMILES string of the molecule is Cc1nc2c(C(=O)N3CCCC3)c[nH]n2c(=O)c1Cc1ccc(Cl)cc1. The summed E-state index contributed by atoms with van der Waals surface area (Å²) in [5.41, 5.74) is 2.89. The van der Waals surface area contributed by atoms with Gasteiger partial charge in [-0.2, -0.15) is 0 Å². The van der Waals surface area contributed by atoms with Crippen LogP contribution < -0.4 is 5.56 Å². The van der Waals surface area contributed by atoms with Gasteiger partial charge in [-0.1, -0.05) is 23.7 Å². The lowest BCUT2D eigenvalue weighted by atomic mass is 10.1. The Labute approximate surface area is 155 Å². The van der Waals surface area contributed by atoms with Crippen LogP contribution in [0.4, 0.5) is 0 Å². The number of halogens is 1. The average molecular weight is 371 g/mol. The minimum atomic E-state index is -0.178. The minimum Gasteiger partial charge on any atom is -0.338 e. The number of nitrogens with one attached hydrogen (secondary N) is 1. The first kappa shape index (κ1) is 16.8. The third-order valence-electron chi connectivity index (χ3n) is 4.88. The number of H-pyrrole nitrogens is 1. The summed E-state index contributed by atoms with van der Waals surface area (Å²) in [5, 5.41) is 3.55. The number of hydrogen-bond acceptors (Lipinski definition) is 3. The van der Waals surface area contributed by atoms with E-state index < -0.39 is 0 Å². The smallest absolute Gasteiger partial charge is 0.276 e. The number of fused-ring (bicyclic) bond motifs is 1. The molecule has 0 aliphatic carbocycles. The van der Waals surface area contributed by atoms with Crippen molar-refractivity contribution in [3.8, 4) is 0 Å². The Bertz CT molecular complexity index is 1030. The Morgan fingerprint density at radius 1 is 1.23 bits per heavy atom. The van der Waals surface area contributed by atoms with Gasteiger partial charge >= 0.3 is 0 Å². The molecule has 1 N–H and O–H groups in total. The maximum atomic E-state index is 12.9. The number of aromatic amines is 1. The molecule has 134 valence electrons. The van der Waals surface area contributed by atoms with Crippen molar-refractivity contribution in [2.75, 3.05) is 13.1 Å². The number of hydrogen-bond donors (Lipinski definition) is 1. The molecule has 0 radical (unpaired) electrons. The van der Waals surface area contributed by atoms with E-state index in [-0.39, 0.29) is 11.5 Å². The zero-order chi connectivity index (χ0) is 18.3. The van der Waals surface area contributed by atoms with Crippen LogP contribution in [0.3, 0.4) is 0 Å². The van der Waals surface area contributed by atoms with E-state index in [0.29, 0.717) is 33.9 Å². The van der Waals surface area contributed by atoms with Gasteiger partial charge in [0.15, 0.2) is 5.65 Å². The predicted octanol–water partition coefficient (Wildman–Crippen LogP) is 2.81. The zero-order valence-electron chi connectivity index (χ0n) is 14.5. The Morgan fingerprint density at radius 2 is 1.92 bits per heavy atom. The van der Waals surface area contributed by atoms with E-state index in [1.807, 2.05) is 24.0 Å². The number of rotatable bonds is 3. The molecule has 0 saturated carbocycles. The van der Waals surface area contributed by atoms with Gasteiger partial charge in [-0.05, 0) is 37.5 Å². The van der Waals surface area contributed by atoms with Crippen LogP contribution in [0.2, 0.25) is 5.02 Å². The number of benzene rings is 1. The monoisotopic (exact) mass is 370 g/mol. The van der Waals surface area contributed by atoms with Crippen LogP contribution >= 0.6 is 11.6 Å². The van der Waals surface area contributed by atoms with Crippen molar-refractivity contribution < 1.29 is 4.79 Å². The van der Waals surface area contributed by atoms with Crippen molar-refractivity contribution in [1.82, 2.24) is 19.5 Å². The van der Waals surface area contributed by atoms with E-state index in [1.54, 1.807) is 18.3 Å². The van der Waals surface area contributed by atoms with E-state index in [1.165, 1.54) is 4.52 Å². The summed E-state index contributed by atoms with van der Waals surface area (Å²) in [7, 11) is 0. The van der Waals surface area contributed by atoms with Crippen LogP contribution in [0.5, 0.6) is 0 Å². The van der Waals surface area contributed by atoms with E-state index in [9.17, 15) is 9.59 Å². The molecule has 0 unspecified atom stereocenters. The first-order valence-corrected chi connectivity index (χ1v) is 9.06. The largest absolute Gasteiger partial charge is 0.338 e. The maximum absolute atomic E-state index is 12.9. The summed E-state index contributed by atoms with van der Waals surface area (Å²) in [6.45, 7) is 3.33. The van der Waals surface area contributed by atoms with Gasteiger partial charge in [-0.15, -0.1) is 0 Å². The third-order valence-corrected chi connectivity index (χ3v) is 5.13. The van der Waals surface area contributed by atoms with Gasteiger partial charge in [0.05, 0.1) is 0 Å². The lowest BCUT2D eigenvalue weighted by Crippen LogP contribution is -2.28. The van der Waals surface area contributed by atoms with E-state index in [2.05, 4.69) is 10.1 Å². The number of likely N-dealkylation sites (tertiary alicyclic amines) is 1. The Balaban J connectivity index is 1.74. The Morgan fingerprint density at radius 3 is 2.62 bits per heavy atom. The molecule has 0 spiro atoms. The van der Waals surface area contributed by atoms with Crippen LogP contribution in [0.25, 0.3) is 5.65 Å². The molecule has 1 aliphatic heterocycles. The molecule has 26 heavy (non-hydrogen) atoms. The van der Waals surface area contributed by atoms with Crippen molar-refractivity contribution in [2.24, 2.45) is 0 Å². The molecule has 0 bridgehead atoms. The van der Waals surface area contributed by atoms with Gasteiger partial charge in [0.1, 0.15) is 5.56 Å². The Kier molecular flexibility index (Phi) is 4.28. The molecule has 4 rings (SSSR count). The number of nitrogens with zero attached hydrogens (tertiary/aromatic N) is 3. The molecule has 3 aromatic rings. The van der Waals surface area contributed by atoms with Crippen molar-refractivity contribution in [3.05, 3.63) is 68.2 Å². The average Bonchev–Trinajstić information content (AvgIpc) is 3.29. The fourth-order valence-electron chi connectivity index (χ4n) is 3.41. The molecule has 6 nitrogen and oxygen atoms in total. The molecule has 1 aliphatic rings. The van der Waals surface area contributed by atoms with Gasteiger partial charge in [0, 0.05) is 42.0 Å². The maximum Gasteiger partial charge on any atom is 0.276 e. The third kappa shape index (κ3) is 2.90. The van der Waals surface area contributed by atoms with Crippen LogP contribution in [0.15, 0.2) is 35.3 Å². The highest BCUT2D eigenvalue weighted by molar-refractivity contribution is 6.30. The van der Waals surface area contributed by atoms with E-state index in [0.717, 1.165) is 31.5 Å². The van der Waals surface area contributed by atoms with Crippen molar-refractivity contribution in [3.63, 3.8) is 0 Å². The molecule has 1 fully saturated rings. The highest BCUT2D eigenvalue weighted by Gasteiger charge is 2.24. The first-order chi connectivity index (χ1) is 12.5. The number of amides is 1. The molecular weight excluding hydrogens is 352 g/mol. The summed E-state index contributed by atoms with van der Waals surface area (Å²) in [6.07, 6.45) is 4.08. The number of carbonyl (C=O) groups is 1. The molecular formula is C19H19ClN4O2. The summed E-state index contributed by atoms with van der Waals surface area (Å²) in [4.78, 5) is 32.0. The van der Waals surface area contributed by atoms with E-state index in [4.69, 9.17) is 11.6 Å². The minimum absolute atomic E-state index is 0.0713. The lowest BCUT2D eigenvalue weighted by Gasteiger charge is -2.14. The van der Waals surface area contributed by atoms with Gasteiger partial charge in [0.25, 0.3) is 11.5 Å². The molecule has 7 heteroatoms. The molecule has 2 aromatic heterocycles. The highest BCUT2D eigenvalue weighted by atomic mass is 35.5. The molecule has 1 amide bonds. The number of carbonyl (C=O) groups excluding carboxylic acids is 1. The van der Waals surface area contributed by atoms with E-state index >= 15 is 0 Å². The summed E-state index contributed by atoms with van der Waals surface area (Å²) >= 11 is 5.92. The molecule has 3 heterocycles. The van der Waals surface area contributed by atoms with Crippen molar-refractivity contribution in [2.45, 2.75) is 26.2 Å². The quantitative estimate of drug-likeness (QED) is 0.770. The number of aromatic nitrogens is 3. The predicted molar refractivity (Wildman–Crippen MR) is 99.9 cm³/mol. The zero-order valence-corrected chi connectivity index (χ0v) is 15.2. The van der Waals surface area contributed by atoms with Gasteiger partial charge in [-0.25, -0.2) is 9.50 Å². The standard InChI is InChI=1S/C19H19ClN4O2/c1-12-15(10-13-4-6-14(20)7-5-13)19(26)24-17(22-12)16(11-21-24)18(25)23-8-2-3-9-23/h4-7,11,21H,2-3,8-10H2,1H3. The molecule has 1 aromatic carbocycles. The fraction of sp³-hybridized carbons (Fsp3) is 0.316. The van der Waals surface area contributed by atoms with Crippen molar-refractivity contribution in [1.29, 1.82) is 0 Å². The molecule has 0 atom stereocenters. The summed E-state index contributed by atoms with van der Waals surface area (Å²) < 4.78 is 1.36. The second-order valence-electron chi connectivity index (χ2n) is 6.63. The van der Waals surface area contributed by atoms with Gasteiger partial charge in [-0.3, -0.25) is 14.7 Å². The topological polar surface area (TPSA) is 70.5 Å². The van der Waals surface area contributed by atoms with Crippen molar-refractivity contribution >= 4 is 23.2 Å². The second-order valence-corrected chi connectivity index (χ2v) is 7.07. The van der Waals surface area contributed by atoms with Crippen LogP contribution in [0.1, 0.15) is 40.0 Å². The molecule has 1 saturated heterocycles. The Hall–Kier alpha value is -2.60. The van der Waals surface area contributed by atoms with Crippen LogP contribution in [0, 0.1) is 6.92 Å². The fourth-order valence-corrected chi connectivity index (χ4v) is 3.54. The van der Waals surface area contributed by atoms with Gasteiger partial charge in [0.2, 0.25) is 0 Å². The summed E-state index contributed by atoms with van der Waals surface area (Å²) in [6, 6.07) is 7.40. The number of aryl methyl sites for hydroxylation is 1.